The monoisotopic (exact) mass is 190 g/mol. The maximum atomic E-state index is 4.48. The number of aromatic nitrogens is 1. The van der Waals surface area contributed by atoms with Gasteiger partial charge in [0.05, 0.1) is 10.2 Å². The van der Waals surface area contributed by atoms with E-state index in [0.29, 0.717) is 0 Å². The maximum Gasteiger partial charge on any atom is 0.183 e. The Morgan fingerprint density at radius 3 is 3.38 bits per heavy atom. The van der Waals surface area contributed by atoms with Crippen molar-refractivity contribution in [1.29, 1.82) is 0 Å². The van der Waals surface area contributed by atoms with Gasteiger partial charge in [0.25, 0.3) is 0 Å². The summed E-state index contributed by atoms with van der Waals surface area (Å²) in [5.41, 5.74) is 2.56. The van der Waals surface area contributed by atoms with Gasteiger partial charge < -0.3 is 5.32 Å². The lowest BCUT2D eigenvalue weighted by atomic mass is 10.1. The molecule has 0 atom stereocenters. The van der Waals surface area contributed by atoms with E-state index in [-0.39, 0.29) is 0 Å². The molecule has 2 aromatic rings. The van der Waals surface area contributed by atoms with Crippen molar-refractivity contribution in [3.05, 3.63) is 23.8 Å². The molecule has 0 amide bonds. The van der Waals surface area contributed by atoms with Gasteiger partial charge in [-0.1, -0.05) is 17.4 Å². The van der Waals surface area contributed by atoms with Crippen LogP contribution in [0.25, 0.3) is 10.2 Å². The van der Waals surface area contributed by atoms with E-state index in [1.54, 1.807) is 11.3 Å². The minimum atomic E-state index is 1.04. The predicted octanol–water partition coefficient (Wildman–Crippen LogP) is 2.65. The lowest BCUT2D eigenvalue weighted by Crippen LogP contribution is -2.02. The van der Waals surface area contributed by atoms with Gasteiger partial charge in [0.1, 0.15) is 0 Å². The van der Waals surface area contributed by atoms with Crippen LogP contribution in [0.4, 0.5) is 5.13 Å². The number of nitrogens with one attached hydrogen (secondary N) is 1. The highest BCUT2D eigenvalue weighted by molar-refractivity contribution is 7.22. The quantitative estimate of drug-likeness (QED) is 0.690. The van der Waals surface area contributed by atoms with Crippen molar-refractivity contribution in [2.75, 3.05) is 11.9 Å². The van der Waals surface area contributed by atoms with Gasteiger partial charge in [-0.05, 0) is 30.5 Å². The van der Waals surface area contributed by atoms with Crippen LogP contribution in [0.3, 0.4) is 0 Å². The van der Waals surface area contributed by atoms with Crippen LogP contribution in [-0.2, 0) is 6.42 Å². The lowest BCUT2D eigenvalue weighted by Gasteiger charge is -2.03. The second-order valence-electron chi connectivity index (χ2n) is 3.35. The van der Waals surface area contributed by atoms with Crippen LogP contribution in [0, 0.1) is 0 Å². The fourth-order valence-corrected chi connectivity index (χ4v) is 2.64. The molecule has 3 heteroatoms. The number of anilines is 1. The molecule has 66 valence electrons. The van der Waals surface area contributed by atoms with Gasteiger partial charge in [-0.25, -0.2) is 4.98 Å². The third kappa shape index (κ3) is 1.20. The molecule has 1 aromatic heterocycles. The first-order valence-corrected chi connectivity index (χ1v) is 5.37. The molecule has 2 nitrogen and oxygen atoms in total. The van der Waals surface area contributed by atoms with Crippen molar-refractivity contribution in [2.45, 2.75) is 12.8 Å². The van der Waals surface area contributed by atoms with Gasteiger partial charge in [-0.3, -0.25) is 0 Å². The van der Waals surface area contributed by atoms with Gasteiger partial charge in [0.2, 0.25) is 0 Å². The molecule has 0 unspecified atom stereocenters. The first kappa shape index (κ1) is 7.33. The van der Waals surface area contributed by atoms with Crippen molar-refractivity contribution in [3.8, 4) is 0 Å². The van der Waals surface area contributed by atoms with E-state index in [1.807, 2.05) is 0 Å². The molecular weight excluding hydrogens is 180 g/mol. The number of rotatable bonds is 0. The summed E-state index contributed by atoms with van der Waals surface area (Å²) in [5.74, 6) is 0. The summed E-state index contributed by atoms with van der Waals surface area (Å²) >= 11 is 1.75. The summed E-state index contributed by atoms with van der Waals surface area (Å²) in [6, 6.07) is 6.58. The Morgan fingerprint density at radius 1 is 1.38 bits per heavy atom. The van der Waals surface area contributed by atoms with Gasteiger partial charge in [-0.15, -0.1) is 0 Å². The Labute approximate surface area is 80.6 Å². The summed E-state index contributed by atoms with van der Waals surface area (Å²) < 4.78 is 1.31. The topological polar surface area (TPSA) is 24.9 Å². The molecular formula is C10H10N2S. The fourth-order valence-electron chi connectivity index (χ4n) is 1.69. The number of nitrogens with zero attached hydrogens (tertiary/aromatic N) is 1. The van der Waals surface area contributed by atoms with Crippen molar-refractivity contribution >= 4 is 26.7 Å². The van der Waals surface area contributed by atoms with Crippen LogP contribution in [0.1, 0.15) is 12.0 Å². The lowest BCUT2D eigenvalue weighted by molar-refractivity contribution is 0.862. The van der Waals surface area contributed by atoms with E-state index >= 15 is 0 Å². The largest absolute Gasteiger partial charge is 0.361 e. The summed E-state index contributed by atoms with van der Waals surface area (Å²) in [4.78, 5) is 4.48. The zero-order chi connectivity index (χ0) is 8.67. The van der Waals surface area contributed by atoms with E-state index in [1.165, 1.54) is 23.1 Å². The van der Waals surface area contributed by atoms with Crippen molar-refractivity contribution in [2.24, 2.45) is 0 Å². The molecule has 0 fully saturated rings. The minimum absolute atomic E-state index is 1.04. The molecule has 0 aliphatic carbocycles. The van der Waals surface area contributed by atoms with E-state index in [9.17, 15) is 0 Å². The maximum absolute atomic E-state index is 4.48. The van der Waals surface area contributed by atoms with Crippen molar-refractivity contribution in [1.82, 2.24) is 4.98 Å². The highest BCUT2D eigenvalue weighted by Gasteiger charge is 2.06. The number of hydrogen-bond acceptors (Lipinski definition) is 3. The summed E-state index contributed by atoms with van der Waals surface area (Å²) in [5, 5.41) is 4.41. The fraction of sp³-hybridized carbons (Fsp3) is 0.300. The molecule has 1 aliphatic rings. The average molecular weight is 190 g/mol. The van der Waals surface area contributed by atoms with E-state index in [2.05, 4.69) is 28.5 Å². The van der Waals surface area contributed by atoms with Gasteiger partial charge in [0.15, 0.2) is 5.13 Å². The molecule has 1 aromatic carbocycles. The summed E-state index contributed by atoms with van der Waals surface area (Å²) in [6.07, 6.45) is 2.37. The smallest absolute Gasteiger partial charge is 0.183 e. The highest BCUT2D eigenvalue weighted by atomic mass is 32.1. The SMILES string of the molecule is c1cc2nc3sc2cc1CCCN3. The molecule has 1 N–H and O–H groups in total. The van der Waals surface area contributed by atoms with Crippen LogP contribution in [0.5, 0.6) is 0 Å². The summed E-state index contributed by atoms with van der Waals surface area (Å²) in [6.45, 7) is 1.04. The van der Waals surface area contributed by atoms with E-state index in [0.717, 1.165) is 17.2 Å². The molecule has 1 aliphatic heterocycles. The molecule has 0 saturated carbocycles. The molecule has 0 spiro atoms. The first-order valence-electron chi connectivity index (χ1n) is 4.55. The van der Waals surface area contributed by atoms with Crippen molar-refractivity contribution in [3.63, 3.8) is 0 Å². The number of benzene rings is 1. The van der Waals surface area contributed by atoms with Gasteiger partial charge in [-0.2, -0.15) is 0 Å². The van der Waals surface area contributed by atoms with Crippen LogP contribution >= 0.6 is 11.3 Å². The third-order valence-electron chi connectivity index (χ3n) is 2.37. The third-order valence-corrected chi connectivity index (χ3v) is 3.35. The van der Waals surface area contributed by atoms with Crippen LogP contribution in [-0.4, -0.2) is 11.5 Å². The highest BCUT2D eigenvalue weighted by Crippen LogP contribution is 2.28. The predicted molar refractivity (Wildman–Crippen MR) is 56.4 cm³/mol. The van der Waals surface area contributed by atoms with E-state index in [4.69, 9.17) is 0 Å². The van der Waals surface area contributed by atoms with Gasteiger partial charge >= 0.3 is 0 Å². The second kappa shape index (κ2) is 2.70. The zero-order valence-corrected chi connectivity index (χ0v) is 8.03. The molecule has 2 heterocycles. The Kier molecular flexibility index (Phi) is 1.52. The number of aryl methyl sites for hydroxylation is 1. The first-order chi connectivity index (χ1) is 6.42. The Bertz CT molecular complexity index is 443. The number of fused-ring (bicyclic) bond motifs is 2. The van der Waals surface area contributed by atoms with Crippen LogP contribution in [0.2, 0.25) is 0 Å². The molecule has 3 bridgehead atoms. The normalized spacial score (nSPS) is 15.4. The Morgan fingerprint density at radius 2 is 2.38 bits per heavy atom. The average Bonchev–Trinajstić information content (AvgIpc) is 2.57. The Balaban J connectivity index is 2.31. The number of thiazole rings is 1. The standard InChI is InChI=1S/C10H10N2S/c1-2-7-3-4-8-9(6-7)13-10(12-8)11-5-1/h3-4,6H,1-2,5H2,(H,11,12). The van der Waals surface area contributed by atoms with Crippen molar-refractivity contribution < 1.29 is 0 Å². The Hall–Kier alpha value is -1.09. The molecule has 3 rings (SSSR count). The van der Waals surface area contributed by atoms with Crippen LogP contribution in [0.15, 0.2) is 18.2 Å². The number of hydrogen-bond donors (Lipinski definition) is 1. The summed E-state index contributed by atoms with van der Waals surface area (Å²) in [7, 11) is 0. The van der Waals surface area contributed by atoms with Crippen LogP contribution < -0.4 is 5.32 Å². The molecule has 13 heavy (non-hydrogen) atoms. The second-order valence-corrected chi connectivity index (χ2v) is 4.38. The molecule has 0 radical (unpaired) electrons. The van der Waals surface area contributed by atoms with E-state index < -0.39 is 0 Å². The zero-order valence-electron chi connectivity index (χ0n) is 7.21. The molecule has 0 saturated heterocycles. The van der Waals surface area contributed by atoms with Gasteiger partial charge in [0, 0.05) is 6.54 Å². The minimum Gasteiger partial charge on any atom is -0.361 e.